The standard InChI is InChI=1S/C24H37BrN2O3/c1-2-3-16-30-23(28)26-21-10-14-27(15-11-21)18-22(19-8-7-9-20(25)17-19)24(29)12-5-4-6-13-24/h7-9,17,21-22,29H,2-6,10-16,18H2,1H3,(H,26,28). The Morgan fingerprint density at radius 3 is 2.70 bits per heavy atom. The molecule has 2 aliphatic rings. The predicted molar refractivity (Wildman–Crippen MR) is 124 cm³/mol. The summed E-state index contributed by atoms with van der Waals surface area (Å²) in [6, 6.07) is 8.61. The fourth-order valence-corrected chi connectivity index (χ4v) is 5.27. The summed E-state index contributed by atoms with van der Waals surface area (Å²) in [5.41, 5.74) is 0.588. The van der Waals surface area contributed by atoms with Crippen molar-refractivity contribution in [1.82, 2.24) is 10.2 Å². The molecule has 168 valence electrons. The molecule has 1 atom stereocenters. The van der Waals surface area contributed by atoms with E-state index in [9.17, 15) is 9.90 Å². The minimum Gasteiger partial charge on any atom is -0.450 e. The van der Waals surface area contributed by atoms with E-state index in [1.165, 1.54) is 12.0 Å². The topological polar surface area (TPSA) is 61.8 Å². The monoisotopic (exact) mass is 480 g/mol. The number of rotatable bonds is 8. The summed E-state index contributed by atoms with van der Waals surface area (Å²) in [5, 5.41) is 14.6. The number of aliphatic hydroxyl groups is 1. The van der Waals surface area contributed by atoms with E-state index in [2.05, 4.69) is 51.3 Å². The largest absolute Gasteiger partial charge is 0.450 e. The molecule has 1 heterocycles. The first kappa shape index (κ1) is 23.6. The molecular formula is C24H37BrN2O3. The molecule has 1 amide bonds. The normalized spacial score (nSPS) is 21.2. The maximum atomic E-state index is 11.9. The Hall–Kier alpha value is -1.11. The second-order valence-corrected chi connectivity index (χ2v) is 9.90. The number of hydrogen-bond donors (Lipinski definition) is 2. The molecule has 0 bridgehead atoms. The van der Waals surface area contributed by atoms with Crippen LogP contribution < -0.4 is 5.32 Å². The highest BCUT2D eigenvalue weighted by molar-refractivity contribution is 9.10. The molecule has 3 rings (SSSR count). The molecule has 1 saturated heterocycles. The van der Waals surface area contributed by atoms with E-state index in [4.69, 9.17) is 4.74 Å². The van der Waals surface area contributed by atoms with Crippen LogP contribution in [0, 0.1) is 0 Å². The highest BCUT2D eigenvalue weighted by Crippen LogP contribution is 2.41. The van der Waals surface area contributed by atoms with Crippen LogP contribution in [-0.2, 0) is 4.74 Å². The minimum absolute atomic E-state index is 0.110. The zero-order chi connectivity index (χ0) is 21.4. The van der Waals surface area contributed by atoms with E-state index in [0.29, 0.717) is 6.61 Å². The first-order valence-corrected chi connectivity index (χ1v) is 12.4. The molecule has 0 radical (unpaired) electrons. The van der Waals surface area contributed by atoms with E-state index in [0.717, 1.165) is 75.5 Å². The third kappa shape index (κ3) is 6.69. The number of hydrogen-bond acceptors (Lipinski definition) is 4. The Bertz CT molecular complexity index is 670. The van der Waals surface area contributed by atoms with Gasteiger partial charge in [0.1, 0.15) is 0 Å². The maximum absolute atomic E-state index is 11.9. The quantitative estimate of drug-likeness (QED) is 0.500. The fourth-order valence-electron chi connectivity index (χ4n) is 4.86. The fraction of sp³-hybridized carbons (Fsp3) is 0.708. The van der Waals surface area contributed by atoms with E-state index in [1.54, 1.807) is 0 Å². The molecule has 1 aliphatic carbocycles. The summed E-state index contributed by atoms with van der Waals surface area (Å²) in [4.78, 5) is 14.4. The van der Waals surface area contributed by atoms with E-state index < -0.39 is 5.60 Å². The summed E-state index contributed by atoms with van der Waals surface area (Å²) in [6.45, 7) is 5.30. The van der Waals surface area contributed by atoms with Gasteiger partial charge in [-0.25, -0.2) is 4.79 Å². The van der Waals surface area contributed by atoms with Gasteiger partial charge in [0.05, 0.1) is 12.2 Å². The van der Waals surface area contributed by atoms with Crippen LogP contribution in [-0.4, -0.2) is 54.0 Å². The summed E-state index contributed by atoms with van der Waals surface area (Å²) < 4.78 is 6.30. The zero-order valence-corrected chi connectivity index (χ0v) is 19.8. The molecule has 1 aromatic carbocycles. The molecule has 1 aromatic rings. The van der Waals surface area contributed by atoms with Gasteiger partial charge in [-0.3, -0.25) is 0 Å². The number of unbranched alkanes of at least 4 members (excludes halogenated alkanes) is 1. The van der Waals surface area contributed by atoms with Gasteiger partial charge in [0.2, 0.25) is 0 Å². The molecule has 5 nitrogen and oxygen atoms in total. The molecule has 1 saturated carbocycles. The highest BCUT2D eigenvalue weighted by atomic mass is 79.9. The molecule has 2 fully saturated rings. The summed E-state index contributed by atoms with van der Waals surface area (Å²) in [7, 11) is 0. The van der Waals surface area contributed by atoms with Gasteiger partial charge in [-0.05, 0) is 49.8 Å². The van der Waals surface area contributed by atoms with Crippen LogP contribution in [0.15, 0.2) is 28.7 Å². The van der Waals surface area contributed by atoms with Gasteiger partial charge in [-0.15, -0.1) is 0 Å². The van der Waals surface area contributed by atoms with Crippen molar-refractivity contribution in [2.45, 2.75) is 82.3 Å². The van der Waals surface area contributed by atoms with Crippen molar-refractivity contribution in [3.8, 4) is 0 Å². The number of halogens is 1. The van der Waals surface area contributed by atoms with Gasteiger partial charge in [0.15, 0.2) is 0 Å². The van der Waals surface area contributed by atoms with Crippen molar-refractivity contribution in [1.29, 1.82) is 0 Å². The third-order valence-corrected chi connectivity index (χ3v) is 7.19. The highest BCUT2D eigenvalue weighted by Gasteiger charge is 2.40. The predicted octanol–water partition coefficient (Wildman–Crippen LogP) is 5.22. The van der Waals surface area contributed by atoms with Crippen LogP contribution >= 0.6 is 15.9 Å². The maximum Gasteiger partial charge on any atom is 0.407 e. The number of benzene rings is 1. The van der Waals surface area contributed by atoms with Gasteiger partial charge >= 0.3 is 6.09 Å². The molecule has 0 aromatic heterocycles. The Kier molecular flexibility index (Phi) is 9.02. The number of alkyl carbamates (subject to hydrolysis) is 1. The molecule has 6 heteroatoms. The number of carbonyl (C=O) groups is 1. The molecule has 30 heavy (non-hydrogen) atoms. The average molecular weight is 481 g/mol. The first-order valence-electron chi connectivity index (χ1n) is 11.6. The lowest BCUT2D eigenvalue weighted by atomic mass is 9.72. The Morgan fingerprint density at radius 1 is 1.30 bits per heavy atom. The Balaban J connectivity index is 1.57. The molecule has 0 spiro atoms. The molecule has 2 N–H and O–H groups in total. The van der Waals surface area contributed by atoms with Gasteiger partial charge in [-0.1, -0.05) is 60.7 Å². The lowest BCUT2D eigenvalue weighted by Crippen LogP contribution is -2.49. The molecular weight excluding hydrogens is 444 g/mol. The second-order valence-electron chi connectivity index (χ2n) is 8.98. The van der Waals surface area contributed by atoms with Gasteiger partial charge in [0, 0.05) is 36.1 Å². The molecule has 1 aliphatic heterocycles. The van der Waals surface area contributed by atoms with Gasteiger partial charge in [-0.2, -0.15) is 0 Å². The van der Waals surface area contributed by atoms with Gasteiger partial charge in [0.25, 0.3) is 0 Å². The number of likely N-dealkylation sites (tertiary alicyclic amines) is 1. The van der Waals surface area contributed by atoms with Crippen molar-refractivity contribution in [3.63, 3.8) is 0 Å². The van der Waals surface area contributed by atoms with Crippen molar-refractivity contribution in [2.75, 3.05) is 26.2 Å². The zero-order valence-electron chi connectivity index (χ0n) is 18.2. The van der Waals surface area contributed by atoms with Crippen LogP contribution in [0.2, 0.25) is 0 Å². The number of ether oxygens (including phenoxy) is 1. The van der Waals surface area contributed by atoms with Crippen LogP contribution in [0.3, 0.4) is 0 Å². The number of nitrogens with zero attached hydrogens (tertiary/aromatic N) is 1. The lowest BCUT2D eigenvalue weighted by Gasteiger charge is -2.43. The number of amides is 1. The van der Waals surface area contributed by atoms with Crippen LogP contribution in [0.1, 0.15) is 76.2 Å². The van der Waals surface area contributed by atoms with E-state index in [1.807, 2.05) is 6.07 Å². The molecule has 1 unspecified atom stereocenters. The third-order valence-electron chi connectivity index (χ3n) is 6.70. The van der Waals surface area contributed by atoms with E-state index >= 15 is 0 Å². The number of nitrogens with one attached hydrogen (secondary N) is 1. The Labute approximate surface area is 189 Å². The summed E-state index contributed by atoms with van der Waals surface area (Å²) >= 11 is 3.60. The van der Waals surface area contributed by atoms with Crippen LogP contribution in [0.4, 0.5) is 4.79 Å². The summed E-state index contributed by atoms with van der Waals surface area (Å²) in [6.07, 6.45) is 8.68. The van der Waals surface area contributed by atoms with Crippen LogP contribution in [0.5, 0.6) is 0 Å². The van der Waals surface area contributed by atoms with E-state index in [-0.39, 0.29) is 18.1 Å². The lowest BCUT2D eigenvalue weighted by molar-refractivity contribution is -0.0326. The minimum atomic E-state index is -0.628. The summed E-state index contributed by atoms with van der Waals surface area (Å²) in [5.74, 6) is 0.110. The van der Waals surface area contributed by atoms with Crippen molar-refractivity contribution in [2.24, 2.45) is 0 Å². The van der Waals surface area contributed by atoms with Crippen molar-refractivity contribution in [3.05, 3.63) is 34.3 Å². The Morgan fingerprint density at radius 2 is 2.03 bits per heavy atom. The SMILES string of the molecule is CCCCOC(=O)NC1CCN(CC(c2cccc(Br)c2)C2(O)CCCCC2)CC1. The number of piperidine rings is 1. The second kappa shape index (κ2) is 11.5. The van der Waals surface area contributed by atoms with Crippen molar-refractivity contribution >= 4 is 22.0 Å². The van der Waals surface area contributed by atoms with Crippen molar-refractivity contribution < 1.29 is 14.6 Å². The average Bonchev–Trinajstić information content (AvgIpc) is 2.74. The van der Waals surface area contributed by atoms with Gasteiger partial charge < -0.3 is 20.1 Å². The smallest absolute Gasteiger partial charge is 0.407 e. The van der Waals surface area contributed by atoms with Crippen LogP contribution in [0.25, 0.3) is 0 Å². The first-order chi connectivity index (χ1) is 14.5. The number of carbonyl (C=O) groups excluding carboxylic acids is 1.